The minimum Gasteiger partial charge on any atom is -0.507 e. The molecule has 0 aliphatic carbocycles. The number of benzene rings is 1. The summed E-state index contributed by atoms with van der Waals surface area (Å²) in [5.74, 6) is 0.113. The first-order valence-corrected chi connectivity index (χ1v) is 10.6. The van der Waals surface area contributed by atoms with Gasteiger partial charge >= 0.3 is 0 Å². The third-order valence-corrected chi connectivity index (χ3v) is 6.04. The molecule has 1 aliphatic rings. The van der Waals surface area contributed by atoms with Crippen molar-refractivity contribution in [2.24, 2.45) is 0 Å². The number of hydrogen-bond donors (Lipinski definition) is 1. The van der Waals surface area contributed by atoms with Crippen LogP contribution in [0, 0.1) is 6.92 Å². The molecule has 0 saturated carbocycles. The lowest BCUT2D eigenvalue weighted by molar-refractivity contribution is 0.183. The van der Waals surface area contributed by atoms with E-state index in [4.69, 9.17) is 0 Å². The van der Waals surface area contributed by atoms with Gasteiger partial charge in [0.05, 0.1) is 11.6 Å². The second-order valence-electron chi connectivity index (χ2n) is 6.91. The molecule has 1 aromatic carbocycles. The average molecular weight is 373 g/mol. The molecular weight excluding hydrogens is 344 g/mol. The lowest BCUT2D eigenvalue weighted by atomic mass is 9.94. The Bertz CT molecular complexity index is 808. The molecule has 0 bridgehead atoms. The molecule has 1 saturated heterocycles. The fourth-order valence-electron chi connectivity index (χ4n) is 3.94. The number of thioether (sulfide) groups is 1. The number of pyridine rings is 1. The van der Waals surface area contributed by atoms with Crippen LogP contribution in [-0.2, 0) is 6.54 Å². The number of aromatic hydroxyl groups is 1. The van der Waals surface area contributed by atoms with Gasteiger partial charge in [-0.2, -0.15) is 0 Å². The predicted molar refractivity (Wildman–Crippen MR) is 108 cm³/mol. The number of aromatic nitrogens is 1. The van der Waals surface area contributed by atoms with Crippen molar-refractivity contribution >= 4 is 11.8 Å². The molecule has 1 N–H and O–H groups in total. The topological polar surface area (TPSA) is 45.5 Å². The summed E-state index contributed by atoms with van der Waals surface area (Å²) < 4.78 is 1.75. The lowest BCUT2D eigenvalue weighted by Gasteiger charge is -2.35. The van der Waals surface area contributed by atoms with Crippen LogP contribution in [0.4, 0.5) is 0 Å². The number of likely N-dealkylation sites (tertiary alicyclic amines) is 1. The van der Waals surface area contributed by atoms with E-state index in [1.807, 2.05) is 13.8 Å². The fraction of sp³-hybridized carbons (Fsp3) is 0.476. The van der Waals surface area contributed by atoms with Crippen molar-refractivity contribution in [1.82, 2.24) is 9.47 Å². The Morgan fingerprint density at radius 2 is 1.81 bits per heavy atom. The quantitative estimate of drug-likeness (QED) is 0.800. The van der Waals surface area contributed by atoms with Crippen LogP contribution < -0.4 is 5.56 Å². The Kier molecular flexibility index (Phi) is 6.09. The number of aryl methyl sites for hydroxylation is 1. The maximum Gasteiger partial charge on any atom is 0.259 e. The standard InChI is InChI=1S/C21H28N2O2S/c1-4-23-15(2)14-18(24)19(21(23)25)20(22-12-6-5-7-13-22)16-8-10-17(26-3)11-9-16/h8-11,14,20,24H,4-7,12-13H2,1-3H3/t20-/m0/s1. The first kappa shape index (κ1) is 19.1. The summed E-state index contributed by atoms with van der Waals surface area (Å²) in [6, 6.07) is 9.92. The molecule has 1 fully saturated rings. The Hall–Kier alpha value is -1.72. The van der Waals surface area contributed by atoms with Crippen molar-refractivity contribution in [2.75, 3.05) is 19.3 Å². The monoisotopic (exact) mass is 372 g/mol. The van der Waals surface area contributed by atoms with Gasteiger partial charge in [0.1, 0.15) is 5.75 Å². The van der Waals surface area contributed by atoms with Gasteiger partial charge in [-0.3, -0.25) is 9.69 Å². The highest BCUT2D eigenvalue weighted by Gasteiger charge is 2.29. The third-order valence-electron chi connectivity index (χ3n) is 5.30. The zero-order valence-corrected chi connectivity index (χ0v) is 16.7. The minimum absolute atomic E-state index is 0.0745. The van der Waals surface area contributed by atoms with Crippen LogP contribution in [0.2, 0.25) is 0 Å². The minimum atomic E-state index is -0.197. The highest BCUT2D eigenvalue weighted by Crippen LogP contribution is 2.35. The highest BCUT2D eigenvalue weighted by atomic mass is 32.2. The summed E-state index contributed by atoms with van der Waals surface area (Å²) in [4.78, 5) is 16.7. The number of piperidine rings is 1. The summed E-state index contributed by atoms with van der Waals surface area (Å²) in [5.41, 5.74) is 2.31. The first-order valence-electron chi connectivity index (χ1n) is 9.38. The molecule has 140 valence electrons. The predicted octanol–water partition coefficient (Wildman–Crippen LogP) is 4.18. The Morgan fingerprint density at radius 1 is 1.15 bits per heavy atom. The second kappa shape index (κ2) is 8.31. The number of nitrogens with zero attached hydrogens (tertiary/aromatic N) is 2. The van der Waals surface area contributed by atoms with Gasteiger partial charge in [-0.05, 0) is 69.8 Å². The largest absolute Gasteiger partial charge is 0.507 e. The van der Waals surface area contributed by atoms with E-state index in [0.717, 1.165) is 37.2 Å². The molecule has 26 heavy (non-hydrogen) atoms. The molecule has 0 amide bonds. The molecule has 1 aliphatic heterocycles. The third kappa shape index (κ3) is 3.69. The normalized spacial score (nSPS) is 16.6. The van der Waals surface area contributed by atoms with Gasteiger partial charge in [0.15, 0.2) is 0 Å². The molecule has 0 radical (unpaired) electrons. The van der Waals surface area contributed by atoms with Crippen molar-refractivity contribution in [1.29, 1.82) is 0 Å². The maximum atomic E-state index is 13.2. The van der Waals surface area contributed by atoms with E-state index in [0.29, 0.717) is 12.1 Å². The van der Waals surface area contributed by atoms with Crippen molar-refractivity contribution < 1.29 is 5.11 Å². The van der Waals surface area contributed by atoms with E-state index >= 15 is 0 Å². The summed E-state index contributed by atoms with van der Waals surface area (Å²) in [7, 11) is 0. The average Bonchev–Trinajstić information content (AvgIpc) is 2.66. The first-order chi connectivity index (χ1) is 12.6. The zero-order valence-electron chi connectivity index (χ0n) is 15.9. The van der Waals surface area contributed by atoms with Crippen LogP contribution in [0.15, 0.2) is 40.0 Å². The Morgan fingerprint density at radius 3 is 2.38 bits per heavy atom. The van der Waals surface area contributed by atoms with Crippen molar-refractivity contribution in [3.05, 3.63) is 57.5 Å². The molecule has 2 aromatic rings. The summed E-state index contributed by atoms with van der Waals surface area (Å²) in [6.07, 6.45) is 5.55. The second-order valence-corrected chi connectivity index (χ2v) is 7.79. The summed E-state index contributed by atoms with van der Waals surface area (Å²) >= 11 is 1.71. The van der Waals surface area contributed by atoms with Gasteiger partial charge in [-0.1, -0.05) is 18.6 Å². The van der Waals surface area contributed by atoms with Crippen LogP contribution in [0.1, 0.15) is 49.0 Å². The lowest BCUT2D eigenvalue weighted by Crippen LogP contribution is -2.38. The van der Waals surface area contributed by atoms with Crippen molar-refractivity contribution in [3.8, 4) is 5.75 Å². The van der Waals surface area contributed by atoms with Gasteiger partial charge in [0.2, 0.25) is 0 Å². The number of rotatable bonds is 5. The van der Waals surface area contributed by atoms with E-state index in [1.54, 1.807) is 22.4 Å². The maximum absolute atomic E-state index is 13.2. The van der Waals surface area contributed by atoms with E-state index in [2.05, 4.69) is 35.4 Å². The summed E-state index contributed by atoms with van der Waals surface area (Å²) in [5, 5.41) is 10.7. The Labute approximate surface area is 159 Å². The molecule has 3 rings (SSSR count). The number of hydrogen-bond acceptors (Lipinski definition) is 4. The van der Waals surface area contributed by atoms with Crippen molar-refractivity contribution in [2.45, 2.75) is 50.6 Å². The van der Waals surface area contributed by atoms with E-state index in [-0.39, 0.29) is 17.4 Å². The van der Waals surface area contributed by atoms with Crippen LogP contribution in [-0.4, -0.2) is 33.9 Å². The van der Waals surface area contributed by atoms with Gasteiger partial charge in [0.25, 0.3) is 5.56 Å². The van der Waals surface area contributed by atoms with E-state index in [9.17, 15) is 9.90 Å². The molecule has 0 unspecified atom stereocenters. The fourth-order valence-corrected chi connectivity index (χ4v) is 4.35. The van der Waals surface area contributed by atoms with Crippen LogP contribution in [0.3, 0.4) is 0 Å². The van der Waals surface area contributed by atoms with Gasteiger partial charge in [-0.15, -0.1) is 11.8 Å². The highest BCUT2D eigenvalue weighted by molar-refractivity contribution is 7.98. The molecule has 1 atom stereocenters. The Balaban J connectivity index is 2.16. The molecule has 0 spiro atoms. The van der Waals surface area contributed by atoms with Crippen molar-refractivity contribution in [3.63, 3.8) is 0 Å². The van der Waals surface area contributed by atoms with Gasteiger partial charge in [0, 0.05) is 17.1 Å². The van der Waals surface area contributed by atoms with Crippen LogP contribution in [0.25, 0.3) is 0 Å². The molecule has 2 heterocycles. The van der Waals surface area contributed by atoms with E-state index in [1.165, 1.54) is 11.3 Å². The molecule has 1 aromatic heterocycles. The van der Waals surface area contributed by atoms with Gasteiger partial charge in [-0.25, -0.2) is 0 Å². The van der Waals surface area contributed by atoms with E-state index < -0.39 is 0 Å². The zero-order chi connectivity index (χ0) is 18.7. The summed E-state index contributed by atoms with van der Waals surface area (Å²) in [6.45, 7) is 6.35. The van der Waals surface area contributed by atoms with Crippen LogP contribution in [0.5, 0.6) is 5.75 Å². The SMILES string of the molecule is CCn1c(C)cc(O)c([C@H](c2ccc(SC)cc2)N2CCCCC2)c1=O. The van der Waals surface area contributed by atoms with Gasteiger partial charge < -0.3 is 9.67 Å². The molecular formula is C21H28N2O2S. The molecule has 5 heteroatoms. The van der Waals surface area contributed by atoms with Crippen LogP contribution >= 0.6 is 11.8 Å². The smallest absolute Gasteiger partial charge is 0.259 e. The molecule has 4 nitrogen and oxygen atoms in total.